The van der Waals surface area contributed by atoms with Gasteiger partial charge in [-0.15, -0.1) is 0 Å². The summed E-state index contributed by atoms with van der Waals surface area (Å²) < 4.78 is 35.0. The number of sulfonamides is 1. The minimum atomic E-state index is -3.93. The fourth-order valence-corrected chi connectivity index (χ4v) is 6.12. The standard InChI is InChI=1S/C30H36N2O4S/c1-19-15-21(3)25(16-20(19)2)22(4)31-29(33)28-18-32(37(34,35)24-11-9-8-10-12-24)26-17-23(30(5,6)7)13-14-27(26)36-28/h8-17,22,28H,18H2,1-7H3,(H,31,33)/t22-,28-/m0/s1. The minimum Gasteiger partial charge on any atom is -0.476 e. The maximum Gasteiger partial charge on any atom is 0.264 e. The first-order chi connectivity index (χ1) is 17.3. The summed E-state index contributed by atoms with van der Waals surface area (Å²) in [5, 5.41) is 3.05. The molecule has 0 spiro atoms. The van der Waals surface area contributed by atoms with Gasteiger partial charge in [0.25, 0.3) is 15.9 Å². The van der Waals surface area contributed by atoms with Crippen molar-refractivity contribution in [3.8, 4) is 5.75 Å². The number of fused-ring (bicyclic) bond motifs is 1. The van der Waals surface area contributed by atoms with Gasteiger partial charge in [-0.1, -0.05) is 57.2 Å². The smallest absolute Gasteiger partial charge is 0.264 e. The topological polar surface area (TPSA) is 75.7 Å². The highest BCUT2D eigenvalue weighted by Gasteiger charge is 2.38. The van der Waals surface area contributed by atoms with Crippen LogP contribution in [0, 0.1) is 20.8 Å². The van der Waals surface area contributed by atoms with Gasteiger partial charge >= 0.3 is 0 Å². The summed E-state index contributed by atoms with van der Waals surface area (Å²) in [7, 11) is -3.93. The van der Waals surface area contributed by atoms with Gasteiger partial charge in [-0.3, -0.25) is 9.10 Å². The van der Waals surface area contributed by atoms with Crippen molar-refractivity contribution < 1.29 is 17.9 Å². The summed E-state index contributed by atoms with van der Waals surface area (Å²) in [6, 6.07) is 17.8. The lowest BCUT2D eigenvalue weighted by atomic mass is 9.86. The average molecular weight is 521 g/mol. The van der Waals surface area contributed by atoms with Gasteiger partial charge in [0.15, 0.2) is 6.10 Å². The van der Waals surface area contributed by atoms with Crippen LogP contribution in [0.3, 0.4) is 0 Å². The van der Waals surface area contributed by atoms with Crippen molar-refractivity contribution in [2.24, 2.45) is 0 Å². The summed E-state index contributed by atoms with van der Waals surface area (Å²) in [6.45, 7) is 14.2. The largest absolute Gasteiger partial charge is 0.476 e. The van der Waals surface area contributed by atoms with Crippen LogP contribution in [0.2, 0.25) is 0 Å². The molecule has 3 aromatic rings. The van der Waals surface area contributed by atoms with Crippen molar-refractivity contribution in [3.63, 3.8) is 0 Å². The Morgan fingerprint density at radius 1 is 0.973 bits per heavy atom. The Bertz CT molecular complexity index is 1430. The number of hydrogen-bond donors (Lipinski definition) is 1. The molecule has 2 atom stereocenters. The van der Waals surface area contributed by atoms with Crippen LogP contribution in [-0.2, 0) is 20.2 Å². The number of carbonyl (C=O) groups excluding carboxylic acids is 1. The molecule has 1 aliphatic heterocycles. The molecule has 0 bridgehead atoms. The number of ether oxygens (including phenoxy) is 1. The van der Waals surface area contributed by atoms with Gasteiger partial charge in [0.05, 0.1) is 23.2 Å². The second kappa shape index (κ2) is 9.86. The molecule has 1 amide bonds. The number of anilines is 1. The van der Waals surface area contributed by atoms with Gasteiger partial charge in [-0.05, 0) is 85.2 Å². The quantitative estimate of drug-likeness (QED) is 0.465. The minimum absolute atomic E-state index is 0.123. The van der Waals surface area contributed by atoms with Crippen molar-refractivity contribution in [1.29, 1.82) is 0 Å². The molecule has 1 N–H and O–H groups in total. The van der Waals surface area contributed by atoms with E-state index in [1.54, 1.807) is 36.4 Å². The van der Waals surface area contributed by atoms with Crippen LogP contribution >= 0.6 is 0 Å². The van der Waals surface area contributed by atoms with E-state index in [4.69, 9.17) is 4.74 Å². The Balaban J connectivity index is 1.69. The van der Waals surface area contributed by atoms with E-state index < -0.39 is 16.1 Å². The van der Waals surface area contributed by atoms with E-state index in [0.29, 0.717) is 11.4 Å². The molecule has 0 saturated heterocycles. The first-order valence-corrected chi connectivity index (χ1v) is 14.0. The SMILES string of the molecule is Cc1cc(C)c([C@H](C)NC(=O)[C@@H]2CN(S(=O)(=O)c3ccccc3)c3cc(C(C)(C)C)ccc3O2)cc1C. The molecule has 0 unspecified atom stereocenters. The van der Waals surface area contributed by atoms with E-state index in [2.05, 4.69) is 45.1 Å². The molecular formula is C30H36N2O4S. The van der Waals surface area contributed by atoms with Gasteiger partial charge in [-0.2, -0.15) is 0 Å². The Hall–Kier alpha value is -3.32. The van der Waals surface area contributed by atoms with Crippen molar-refractivity contribution in [1.82, 2.24) is 5.32 Å². The molecule has 196 valence electrons. The molecular weight excluding hydrogens is 484 g/mol. The van der Waals surface area contributed by atoms with Gasteiger partial charge in [0.1, 0.15) is 5.75 Å². The molecule has 0 fully saturated rings. The van der Waals surface area contributed by atoms with E-state index in [-0.39, 0.29) is 28.8 Å². The van der Waals surface area contributed by atoms with Crippen LogP contribution < -0.4 is 14.4 Å². The van der Waals surface area contributed by atoms with E-state index >= 15 is 0 Å². The molecule has 1 aliphatic rings. The number of benzene rings is 3. The lowest BCUT2D eigenvalue weighted by molar-refractivity contribution is -0.128. The predicted molar refractivity (Wildman–Crippen MR) is 148 cm³/mol. The van der Waals surface area contributed by atoms with Crippen LogP contribution in [0.1, 0.15) is 61.6 Å². The van der Waals surface area contributed by atoms with Crippen LogP contribution in [0.5, 0.6) is 5.75 Å². The van der Waals surface area contributed by atoms with Crippen molar-refractivity contribution in [3.05, 3.63) is 88.5 Å². The van der Waals surface area contributed by atoms with Crippen LogP contribution in [0.25, 0.3) is 0 Å². The number of rotatable bonds is 5. The fourth-order valence-electron chi connectivity index (χ4n) is 4.64. The fraction of sp³-hybridized carbons (Fsp3) is 0.367. The summed E-state index contributed by atoms with van der Waals surface area (Å²) in [4.78, 5) is 13.6. The number of nitrogens with zero attached hydrogens (tertiary/aromatic N) is 1. The Kier molecular flexibility index (Phi) is 7.12. The molecule has 6 nitrogen and oxygen atoms in total. The van der Waals surface area contributed by atoms with Crippen molar-refractivity contribution in [2.75, 3.05) is 10.8 Å². The molecule has 0 aliphatic carbocycles. The molecule has 0 radical (unpaired) electrons. The maximum atomic E-state index is 13.8. The summed E-state index contributed by atoms with van der Waals surface area (Å²) in [6.07, 6.45) is -0.999. The zero-order chi connectivity index (χ0) is 27.1. The Morgan fingerprint density at radius 3 is 2.27 bits per heavy atom. The Morgan fingerprint density at radius 2 is 1.62 bits per heavy atom. The molecule has 37 heavy (non-hydrogen) atoms. The second-order valence-electron chi connectivity index (χ2n) is 10.9. The highest BCUT2D eigenvalue weighted by atomic mass is 32.2. The van der Waals surface area contributed by atoms with Crippen LogP contribution in [0.15, 0.2) is 65.6 Å². The zero-order valence-corrected chi connectivity index (χ0v) is 23.4. The molecule has 0 saturated carbocycles. The van der Waals surface area contributed by atoms with Gasteiger partial charge in [0, 0.05) is 0 Å². The predicted octanol–water partition coefficient (Wildman–Crippen LogP) is 5.74. The van der Waals surface area contributed by atoms with E-state index in [1.165, 1.54) is 9.87 Å². The zero-order valence-electron chi connectivity index (χ0n) is 22.6. The highest BCUT2D eigenvalue weighted by Crippen LogP contribution is 2.40. The first-order valence-electron chi connectivity index (χ1n) is 12.6. The van der Waals surface area contributed by atoms with Gasteiger partial charge in [0.2, 0.25) is 0 Å². The van der Waals surface area contributed by atoms with Crippen molar-refractivity contribution in [2.45, 2.75) is 70.9 Å². The monoisotopic (exact) mass is 520 g/mol. The summed E-state index contributed by atoms with van der Waals surface area (Å²) >= 11 is 0. The number of aryl methyl sites for hydroxylation is 3. The molecule has 4 rings (SSSR count). The molecule has 7 heteroatoms. The lowest BCUT2D eigenvalue weighted by Crippen LogP contribution is -2.51. The van der Waals surface area contributed by atoms with Crippen LogP contribution in [-0.4, -0.2) is 27.0 Å². The third-order valence-corrected chi connectivity index (χ3v) is 8.82. The summed E-state index contributed by atoms with van der Waals surface area (Å²) in [5.74, 6) is 0.0119. The maximum absolute atomic E-state index is 13.8. The molecule has 3 aromatic carbocycles. The molecule has 0 aromatic heterocycles. The summed E-state index contributed by atoms with van der Waals surface area (Å²) in [5.41, 5.74) is 5.70. The number of nitrogens with one attached hydrogen (secondary N) is 1. The van der Waals surface area contributed by atoms with E-state index in [0.717, 1.165) is 22.3 Å². The first kappa shape index (κ1) is 26.7. The third kappa shape index (κ3) is 5.37. The highest BCUT2D eigenvalue weighted by molar-refractivity contribution is 7.92. The normalized spacial score (nSPS) is 16.5. The second-order valence-corrected chi connectivity index (χ2v) is 12.8. The van der Waals surface area contributed by atoms with Gasteiger partial charge < -0.3 is 10.1 Å². The Labute approximate surface area is 220 Å². The number of hydrogen-bond acceptors (Lipinski definition) is 4. The lowest BCUT2D eigenvalue weighted by Gasteiger charge is -2.36. The number of carbonyl (C=O) groups is 1. The molecule has 1 heterocycles. The third-order valence-electron chi connectivity index (χ3n) is 7.03. The van der Waals surface area contributed by atoms with Crippen LogP contribution in [0.4, 0.5) is 5.69 Å². The average Bonchev–Trinajstić information content (AvgIpc) is 2.85. The number of amides is 1. The van der Waals surface area contributed by atoms with Crippen molar-refractivity contribution >= 4 is 21.6 Å². The van der Waals surface area contributed by atoms with E-state index in [9.17, 15) is 13.2 Å². The van der Waals surface area contributed by atoms with E-state index in [1.807, 2.05) is 32.9 Å². The van der Waals surface area contributed by atoms with Gasteiger partial charge in [-0.25, -0.2) is 8.42 Å².